The lowest BCUT2D eigenvalue weighted by Crippen LogP contribution is -2.30. The predicted molar refractivity (Wildman–Crippen MR) is 62.0 cm³/mol. The molecule has 1 heterocycles. The number of hydrogen-bond donors (Lipinski definition) is 1. The van der Waals surface area contributed by atoms with Crippen LogP contribution in [0.5, 0.6) is 5.75 Å². The lowest BCUT2D eigenvalue weighted by atomic mass is 10.00. The van der Waals surface area contributed by atoms with Crippen molar-refractivity contribution in [3.63, 3.8) is 0 Å². The van der Waals surface area contributed by atoms with Crippen LogP contribution >= 0.6 is 0 Å². The van der Waals surface area contributed by atoms with Gasteiger partial charge in [0.2, 0.25) is 11.8 Å². The third kappa shape index (κ3) is 2.02. The highest BCUT2D eigenvalue weighted by Crippen LogP contribution is 2.27. The van der Waals surface area contributed by atoms with Gasteiger partial charge in [0.1, 0.15) is 5.75 Å². The van der Waals surface area contributed by atoms with E-state index in [1.54, 1.807) is 38.1 Å². The molecule has 2 rings (SSSR count). The van der Waals surface area contributed by atoms with E-state index in [0.717, 1.165) is 5.56 Å². The van der Waals surface area contributed by atoms with Crippen molar-refractivity contribution in [2.45, 2.75) is 20.4 Å². The Kier molecular flexibility index (Phi) is 2.88. The van der Waals surface area contributed by atoms with Crippen LogP contribution in [0.3, 0.4) is 0 Å². The quantitative estimate of drug-likeness (QED) is 0.788. The summed E-state index contributed by atoms with van der Waals surface area (Å²) in [6, 6.07) is 6.52. The number of aromatic hydroxyl groups is 1. The highest BCUT2D eigenvalue weighted by Gasteiger charge is 2.41. The van der Waals surface area contributed by atoms with Crippen LogP contribution < -0.4 is 0 Å². The Hall–Kier alpha value is -1.84. The number of phenols is 1. The molecule has 4 nitrogen and oxygen atoms in total. The number of rotatable bonds is 2. The Bertz CT molecular complexity index is 432. The summed E-state index contributed by atoms with van der Waals surface area (Å²) in [5.74, 6) is -0.528. The molecule has 4 heteroatoms. The molecule has 0 saturated carbocycles. The SMILES string of the molecule is CC1C(=O)N(Cc2ccc(O)cc2)C(=O)C1C. The summed E-state index contributed by atoms with van der Waals surface area (Å²) < 4.78 is 0. The standard InChI is InChI=1S/C13H15NO3/c1-8-9(2)13(17)14(12(8)16)7-10-3-5-11(15)6-4-10/h3-6,8-9,15H,7H2,1-2H3. The predicted octanol–water partition coefficient (Wildman–Crippen LogP) is 1.53. The molecular weight excluding hydrogens is 218 g/mol. The molecule has 1 aromatic carbocycles. The van der Waals surface area contributed by atoms with Crippen LogP contribution in [-0.4, -0.2) is 21.8 Å². The number of phenolic OH excluding ortho intramolecular Hbond substituents is 1. The molecule has 0 spiro atoms. The Morgan fingerprint density at radius 2 is 1.53 bits per heavy atom. The zero-order valence-electron chi connectivity index (χ0n) is 9.88. The molecule has 1 saturated heterocycles. The third-order valence-corrected chi connectivity index (χ3v) is 3.34. The fraction of sp³-hybridized carbons (Fsp3) is 0.385. The molecule has 2 unspecified atom stereocenters. The molecule has 0 radical (unpaired) electrons. The van der Waals surface area contributed by atoms with Crippen molar-refractivity contribution in [1.29, 1.82) is 0 Å². The molecule has 2 atom stereocenters. The number of likely N-dealkylation sites (tertiary alicyclic amines) is 1. The molecule has 1 aliphatic heterocycles. The van der Waals surface area contributed by atoms with Gasteiger partial charge in [-0.1, -0.05) is 26.0 Å². The summed E-state index contributed by atoms with van der Waals surface area (Å²) in [4.78, 5) is 25.0. The summed E-state index contributed by atoms with van der Waals surface area (Å²) in [6.45, 7) is 3.84. The van der Waals surface area contributed by atoms with Gasteiger partial charge in [-0.2, -0.15) is 0 Å². The minimum absolute atomic E-state index is 0.115. The van der Waals surface area contributed by atoms with E-state index in [1.165, 1.54) is 4.90 Å². The Morgan fingerprint density at radius 1 is 1.06 bits per heavy atom. The first-order chi connectivity index (χ1) is 8.00. The van der Waals surface area contributed by atoms with Crippen molar-refractivity contribution in [2.24, 2.45) is 11.8 Å². The van der Waals surface area contributed by atoms with Gasteiger partial charge in [0, 0.05) is 11.8 Å². The van der Waals surface area contributed by atoms with E-state index in [-0.39, 0.29) is 35.9 Å². The number of imide groups is 1. The van der Waals surface area contributed by atoms with E-state index in [0.29, 0.717) is 0 Å². The summed E-state index contributed by atoms with van der Waals surface area (Å²) in [6.07, 6.45) is 0. The van der Waals surface area contributed by atoms with E-state index in [2.05, 4.69) is 0 Å². The van der Waals surface area contributed by atoms with Gasteiger partial charge in [0.15, 0.2) is 0 Å². The Balaban J connectivity index is 2.17. The van der Waals surface area contributed by atoms with Crippen LogP contribution in [0, 0.1) is 11.8 Å². The summed E-state index contributed by atoms with van der Waals surface area (Å²) >= 11 is 0. The molecule has 90 valence electrons. The van der Waals surface area contributed by atoms with E-state index in [4.69, 9.17) is 5.11 Å². The normalized spacial score (nSPS) is 24.5. The van der Waals surface area contributed by atoms with Crippen LogP contribution in [0.2, 0.25) is 0 Å². The van der Waals surface area contributed by atoms with Crippen molar-refractivity contribution in [2.75, 3.05) is 0 Å². The lowest BCUT2D eigenvalue weighted by Gasteiger charge is -2.14. The molecule has 1 aliphatic rings. The highest BCUT2D eigenvalue weighted by atomic mass is 16.3. The molecule has 1 N–H and O–H groups in total. The second kappa shape index (κ2) is 4.20. The molecule has 0 aliphatic carbocycles. The largest absolute Gasteiger partial charge is 0.508 e. The fourth-order valence-electron chi connectivity index (χ4n) is 1.97. The minimum atomic E-state index is -0.236. The van der Waals surface area contributed by atoms with Crippen molar-refractivity contribution >= 4 is 11.8 Å². The summed E-state index contributed by atoms with van der Waals surface area (Å²) in [7, 11) is 0. The second-order valence-corrected chi connectivity index (χ2v) is 4.51. The maximum absolute atomic E-state index is 11.9. The van der Waals surface area contributed by atoms with Crippen molar-refractivity contribution in [1.82, 2.24) is 4.90 Å². The monoisotopic (exact) mass is 233 g/mol. The number of carbonyl (C=O) groups excluding carboxylic acids is 2. The molecule has 2 amide bonds. The summed E-state index contributed by atoms with van der Waals surface area (Å²) in [5, 5.41) is 9.16. The number of nitrogens with zero attached hydrogens (tertiary/aromatic N) is 1. The maximum Gasteiger partial charge on any atom is 0.233 e. The zero-order chi connectivity index (χ0) is 12.6. The van der Waals surface area contributed by atoms with Crippen LogP contribution in [0.1, 0.15) is 19.4 Å². The van der Waals surface area contributed by atoms with Crippen molar-refractivity contribution < 1.29 is 14.7 Å². The Morgan fingerprint density at radius 3 is 2.00 bits per heavy atom. The number of carbonyl (C=O) groups is 2. The van der Waals surface area contributed by atoms with Crippen LogP contribution in [0.15, 0.2) is 24.3 Å². The molecule has 17 heavy (non-hydrogen) atoms. The second-order valence-electron chi connectivity index (χ2n) is 4.51. The van der Waals surface area contributed by atoms with Gasteiger partial charge in [-0.25, -0.2) is 0 Å². The van der Waals surface area contributed by atoms with E-state index in [1.807, 2.05) is 0 Å². The van der Waals surface area contributed by atoms with Gasteiger partial charge in [0.05, 0.1) is 6.54 Å². The topological polar surface area (TPSA) is 57.6 Å². The maximum atomic E-state index is 11.9. The van der Waals surface area contributed by atoms with Gasteiger partial charge in [-0.15, -0.1) is 0 Å². The molecule has 1 fully saturated rings. The number of amides is 2. The number of benzene rings is 1. The smallest absolute Gasteiger partial charge is 0.233 e. The van der Waals surface area contributed by atoms with Gasteiger partial charge in [-0.05, 0) is 17.7 Å². The van der Waals surface area contributed by atoms with Gasteiger partial charge >= 0.3 is 0 Å². The molecule has 0 bridgehead atoms. The van der Waals surface area contributed by atoms with E-state index >= 15 is 0 Å². The zero-order valence-corrected chi connectivity index (χ0v) is 9.88. The minimum Gasteiger partial charge on any atom is -0.508 e. The highest BCUT2D eigenvalue weighted by molar-refractivity contribution is 6.04. The molecule has 0 aromatic heterocycles. The Labute approximate surface area is 99.9 Å². The van der Waals surface area contributed by atoms with E-state index in [9.17, 15) is 9.59 Å². The van der Waals surface area contributed by atoms with Gasteiger partial charge in [-0.3, -0.25) is 14.5 Å². The van der Waals surface area contributed by atoms with E-state index < -0.39 is 0 Å². The van der Waals surface area contributed by atoms with Gasteiger partial charge in [0.25, 0.3) is 0 Å². The third-order valence-electron chi connectivity index (χ3n) is 3.34. The van der Waals surface area contributed by atoms with Crippen LogP contribution in [0.4, 0.5) is 0 Å². The first-order valence-electron chi connectivity index (χ1n) is 5.64. The van der Waals surface area contributed by atoms with Crippen molar-refractivity contribution in [3.05, 3.63) is 29.8 Å². The lowest BCUT2D eigenvalue weighted by molar-refractivity contribution is -0.140. The average molecular weight is 233 g/mol. The first kappa shape index (κ1) is 11.6. The fourth-order valence-corrected chi connectivity index (χ4v) is 1.97. The summed E-state index contributed by atoms with van der Waals surface area (Å²) in [5.41, 5.74) is 0.839. The van der Waals surface area contributed by atoms with Gasteiger partial charge < -0.3 is 5.11 Å². The van der Waals surface area contributed by atoms with Crippen LogP contribution in [0.25, 0.3) is 0 Å². The first-order valence-corrected chi connectivity index (χ1v) is 5.64. The molecule has 1 aromatic rings. The average Bonchev–Trinajstić information content (AvgIpc) is 2.50. The van der Waals surface area contributed by atoms with Crippen molar-refractivity contribution in [3.8, 4) is 5.75 Å². The number of hydrogen-bond acceptors (Lipinski definition) is 3. The molecular formula is C13H15NO3. The van der Waals surface area contributed by atoms with Crippen LogP contribution in [-0.2, 0) is 16.1 Å².